The highest BCUT2D eigenvalue weighted by Crippen LogP contribution is 2.23. The molecular formula is C15H16N4O2. The van der Waals surface area contributed by atoms with Crippen LogP contribution in [0.5, 0.6) is 0 Å². The molecule has 0 saturated heterocycles. The van der Waals surface area contributed by atoms with E-state index >= 15 is 0 Å². The Morgan fingerprint density at radius 3 is 2.43 bits per heavy atom. The Labute approximate surface area is 121 Å². The highest BCUT2D eigenvalue weighted by Gasteiger charge is 2.19. The summed E-state index contributed by atoms with van der Waals surface area (Å²) in [7, 11) is 1.42. The summed E-state index contributed by atoms with van der Waals surface area (Å²) in [6, 6.07) is 3.98. The van der Waals surface area contributed by atoms with Gasteiger partial charge >= 0.3 is 5.69 Å². The van der Waals surface area contributed by atoms with Gasteiger partial charge in [0, 0.05) is 13.6 Å². The van der Waals surface area contributed by atoms with Crippen LogP contribution in [0.2, 0.25) is 0 Å². The van der Waals surface area contributed by atoms with Crippen LogP contribution in [0, 0.1) is 13.8 Å². The quantitative estimate of drug-likeness (QED) is 0.630. The van der Waals surface area contributed by atoms with Crippen LogP contribution < -0.4 is 11.2 Å². The van der Waals surface area contributed by atoms with Gasteiger partial charge in [-0.2, -0.15) is 4.98 Å². The minimum atomic E-state index is -0.556. The Morgan fingerprint density at radius 1 is 1.10 bits per heavy atom. The number of fused-ring (bicyclic) bond motifs is 2. The molecule has 3 rings (SSSR count). The van der Waals surface area contributed by atoms with E-state index in [1.807, 2.05) is 37.5 Å². The molecule has 6 heteroatoms. The van der Waals surface area contributed by atoms with Gasteiger partial charge in [-0.15, -0.1) is 0 Å². The first-order valence-corrected chi connectivity index (χ1v) is 6.82. The average Bonchev–Trinajstić information content (AvgIpc) is 2.45. The van der Waals surface area contributed by atoms with Crippen molar-refractivity contribution < 1.29 is 0 Å². The summed E-state index contributed by atoms with van der Waals surface area (Å²) in [5.74, 6) is 0.348. The highest BCUT2D eigenvalue weighted by atomic mass is 16.2. The molecule has 1 aromatic carbocycles. The fourth-order valence-electron chi connectivity index (χ4n) is 2.49. The monoisotopic (exact) mass is 284 g/mol. The summed E-state index contributed by atoms with van der Waals surface area (Å²) in [6.07, 6.45) is 0. The first kappa shape index (κ1) is 13.5. The third-order valence-corrected chi connectivity index (χ3v) is 3.89. The predicted octanol–water partition coefficient (Wildman–Crippen LogP) is 1.23. The molecule has 0 fully saturated rings. The third kappa shape index (κ3) is 1.86. The maximum Gasteiger partial charge on any atom is 0.352 e. The minimum absolute atomic E-state index is 0.231. The maximum atomic E-state index is 12.3. The van der Waals surface area contributed by atoms with Gasteiger partial charge in [0.15, 0.2) is 11.5 Å². The zero-order valence-electron chi connectivity index (χ0n) is 12.5. The summed E-state index contributed by atoms with van der Waals surface area (Å²) in [5, 5.41) is 0. The van der Waals surface area contributed by atoms with E-state index in [0.29, 0.717) is 12.4 Å². The highest BCUT2D eigenvalue weighted by molar-refractivity contribution is 5.81. The lowest BCUT2D eigenvalue weighted by Crippen LogP contribution is -2.36. The molecule has 0 unspecified atom stereocenters. The molecule has 0 aliphatic carbocycles. The molecule has 6 nitrogen and oxygen atoms in total. The van der Waals surface area contributed by atoms with Crippen LogP contribution >= 0.6 is 0 Å². The van der Waals surface area contributed by atoms with Crippen molar-refractivity contribution in [2.45, 2.75) is 27.3 Å². The van der Waals surface area contributed by atoms with Gasteiger partial charge in [0.05, 0.1) is 11.0 Å². The van der Waals surface area contributed by atoms with Crippen LogP contribution in [0.3, 0.4) is 0 Å². The topological polar surface area (TPSA) is 69.8 Å². The zero-order chi connectivity index (χ0) is 15.3. The van der Waals surface area contributed by atoms with Gasteiger partial charge in [-0.25, -0.2) is 9.78 Å². The van der Waals surface area contributed by atoms with Gasteiger partial charge in [0.25, 0.3) is 5.56 Å². The molecule has 2 aliphatic rings. The van der Waals surface area contributed by atoms with E-state index in [-0.39, 0.29) is 5.69 Å². The number of aromatic nitrogens is 4. The fourth-order valence-corrected chi connectivity index (χ4v) is 2.49. The van der Waals surface area contributed by atoms with E-state index in [4.69, 9.17) is 0 Å². The van der Waals surface area contributed by atoms with Gasteiger partial charge < -0.3 is 4.57 Å². The lowest BCUT2D eigenvalue weighted by molar-refractivity contribution is 0.717. The fraction of sp³-hybridized carbons (Fsp3) is 0.333. The number of hydrogen-bond donors (Lipinski definition) is 0. The molecule has 0 spiro atoms. The summed E-state index contributed by atoms with van der Waals surface area (Å²) in [4.78, 5) is 32.5. The minimum Gasteiger partial charge on any atom is -0.323 e. The molecule has 21 heavy (non-hydrogen) atoms. The summed E-state index contributed by atoms with van der Waals surface area (Å²) in [5.41, 5.74) is 3.14. The molecule has 0 saturated carbocycles. The van der Waals surface area contributed by atoms with Gasteiger partial charge in [-0.3, -0.25) is 9.36 Å². The second-order valence-electron chi connectivity index (χ2n) is 5.21. The van der Waals surface area contributed by atoms with Crippen LogP contribution in [0.25, 0.3) is 22.6 Å². The van der Waals surface area contributed by atoms with Crippen molar-refractivity contribution in [1.82, 2.24) is 19.1 Å². The predicted molar refractivity (Wildman–Crippen MR) is 80.8 cm³/mol. The van der Waals surface area contributed by atoms with E-state index < -0.39 is 11.2 Å². The standard InChI is InChI=1S/C15H16N4O2/c1-5-19-11-7-9(3)8(2)6-10(11)16-12-13(19)17-15(21)18(4)14(12)20/h6-7H,5H2,1-4H3. The summed E-state index contributed by atoms with van der Waals surface area (Å²) >= 11 is 0. The Kier molecular flexibility index (Phi) is 2.90. The Morgan fingerprint density at radius 2 is 1.76 bits per heavy atom. The van der Waals surface area contributed by atoms with Crippen molar-refractivity contribution in [1.29, 1.82) is 0 Å². The largest absolute Gasteiger partial charge is 0.352 e. The Hall–Kier alpha value is -2.50. The van der Waals surface area contributed by atoms with E-state index in [1.54, 1.807) is 0 Å². The van der Waals surface area contributed by atoms with Gasteiger partial charge in [0.2, 0.25) is 0 Å². The zero-order valence-corrected chi connectivity index (χ0v) is 12.5. The summed E-state index contributed by atoms with van der Waals surface area (Å²) in [6.45, 7) is 6.60. The molecule has 0 aromatic heterocycles. The van der Waals surface area contributed by atoms with Crippen LogP contribution in [-0.4, -0.2) is 19.1 Å². The Bertz CT molecular complexity index is 953. The van der Waals surface area contributed by atoms with Crippen molar-refractivity contribution >= 4 is 11.0 Å². The molecule has 108 valence electrons. The summed E-state index contributed by atoms with van der Waals surface area (Å²) < 4.78 is 2.86. The first-order chi connectivity index (χ1) is 9.93. The molecule has 0 atom stereocenters. The number of benzene rings is 1. The van der Waals surface area contributed by atoms with Crippen molar-refractivity contribution in [3.63, 3.8) is 0 Å². The molecule has 2 aliphatic heterocycles. The second-order valence-corrected chi connectivity index (χ2v) is 5.21. The van der Waals surface area contributed by atoms with Crippen LogP contribution in [-0.2, 0) is 13.6 Å². The number of hydrogen-bond acceptors (Lipinski definition) is 4. The average molecular weight is 284 g/mol. The second kappa shape index (κ2) is 4.51. The molecule has 0 amide bonds. The van der Waals surface area contributed by atoms with Crippen molar-refractivity contribution in [2.75, 3.05) is 0 Å². The third-order valence-electron chi connectivity index (χ3n) is 3.89. The SMILES string of the molecule is CCn1c2nc(=O)n(C)c(=O)c-2nc2cc(C)c(C)cc21. The van der Waals surface area contributed by atoms with Crippen LogP contribution in [0.15, 0.2) is 21.7 Å². The van der Waals surface area contributed by atoms with E-state index in [1.165, 1.54) is 7.05 Å². The lowest BCUT2D eigenvalue weighted by atomic mass is 10.1. The van der Waals surface area contributed by atoms with E-state index in [0.717, 1.165) is 26.7 Å². The molecular weight excluding hydrogens is 268 g/mol. The molecule has 2 heterocycles. The number of aryl methyl sites for hydroxylation is 3. The molecule has 0 radical (unpaired) electrons. The van der Waals surface area contributed by atoms with Crippen LogP contribution in [0.1, 0.15) is 18.1 Å². The van der Waals surface area contributed by atoms with Gasteiger partial charge in [0.1, 0.15) is 0 Å². The number of nitrogens with zero attached hydrogens (tertiary/aromatic N) is 4. The molecule has 0 N–H and O–H groups in total. The number of rotatable bonds is 1. The van der Waals surface area contributed by atoms with Crippen molar-refractivity contribution in [3.8, 4) is 11.5 Å². The van der Waals surface area contributed by atoms with Gasteiger partial charge in [-0.1, -0.05) is 0 Å². The maximum absolute atomic E-state index is 12.3. The normalized spacial score (nSPS) is 11.4. The molecule has 1 aromatic rings. The van der Waals surface area contributed by atoms with E-state index in [2.05, 4.69) is 9.97 Å². The van der Waals surface area contributed by atoms with Gasteiger partial charge in [-0.05, 0) is 44.0 Å². The molecule has 0 bridgehead atoms. The van der Waals surface area contributed by atoms with Crippen molar-refractivity contribution in [2.24, 2.45) is 7.05 Å². The van der Waals surface area contributed by atoms with Crippen LogP contribution in [0.4, 0.5) is 0 Å². The van der Waals surface area contributed by atoms with Crippen molar-refractivity contribution in [3.05, 3.63) is 44.1 Å². The Balaban J connectivity index is 2.62. The smallest absolute Gasteiger partial charge is 0.323 e. The van der Waals surface area contributed by atoms with E-state index in [9.17, 15) is 9.59 Å². The lowest BCUT2D eigenvalue weighted by Gasteiger charge is -2.16. The first-order valence-electron chi connectivity index (χ1n) is 6.82.